The Hall–Kier alpha value is -1.56. The summed E-state index contributed by atoms with van der Waals surface area (Å²) >= 11 is 0. The zero-order valence-corrected chi connectivity index (χ0v) is 16.1. The maximum absolute atomic E-state index is 5.02. The number of rotatable bonds is 5. The van der Waals surface area contributed by atoms with E-state index < -0.39 is 0 Å². The summed E-state index contributed by atoms with van der Waals surface area (Å²) in [7, 11) is 1.99. The third-order valence-electron chi connectivity index (χ3n) is 5.63. The van der Waals surface area contributed by atoms with Gasteiger partial charge in [-0.3, -0.25) is 14.6 Å². The topological polar surface area (TPSA) is 48.7 Å². The molecule has 2 aliphatic heterocycles. The Balaban J connectivity index is 1.62. The molecule has 6 nitrogen and oxygen atoms in total. The molecule has 0 bridgehead atoms. The van der Waals surface area contributed by atoms with Crippen LogP contribution >= 0.6 is 0 Å². The lowest BCUT2D eigenvalue weighted by molar-refractivity contribution is 0.161. The van der Waals surface area contributed by atoms with Gasteiger partial charge in [-0.1, -0.05) is 13.3 Å². The number of aromatic nitrogens is 2. The average Bonchev–Trinajstić information content (AvgIpc) is 3.28. The minimum atomic E-state index is 0.569. The number of piperidine rings is 1. The second kappa shape index (κ2) is 8.70. The van der Waals surface area contributed by atoms with Gasteiger partial charge < -0.3 is 10.2 Å². The van der Waals surface area contributed by atoms with Crippen LogP contribution in [0.15, 0.2) is 17.4 Å². The first kappa shape index (κ1) is 18.2. The van der Waals surface area contributed by atoms with Crippen LogP contribution in [0.1, 0.15) is 51.0 Å². The standard InChI is InChI=1S/C19H34N6/c1-4-20-19(21-13-18-8-6-7-10-24(18)5-2)25-11-9-16(15-25)17-12-22-23(3)14-17/h12,14,16,18H,4-11,13,15H2,1-3H3,(H,20,21). The minimum absolute atomic E-state index is 0.569. The van der Waals surface area contributed by atoms with E-state index in [1.165, 1.54) is 37.8 Å². The molecule has 0 aliphatic carbocycles. The molecular formula is C19H34N6. The molecule has 2 atom stereocenters. The van der Waals surface area contributed by atoms with Crippen LogP contribution in [0.4, 0.5) is 0 Å². The van der Waals surface area contributed by atoms with Crippen molar-refractivity contribution in [1.29, 1.82) is 0 Å². The molecule has 0 spiro atoms. The van der Waals surface area contributed by atoms with Crippen LogP contribution in [0.25, 0.3) is 0 Å². The van der Waals surface area contributed by atoms with Gasteiger partial charge in [-0.15, -0.1) is 0 Å². The average molecular weight is 347 g/mol. The first-order chi connectivity index (χ1) is 12.2. The van der Waals surface area contributed by atoms with Gasteiger partial charge in [0.15, 0.2) is 5.96 Å². The quantitative estimate of drug-likeness (QED) is 0.655. The summed E-state index contributed by atoms with van der Waals surface area (Å²) < 4.78 is 1.90. The number of hydrogen-bond acceptors (Lipinski definition) is 3. The third kappa shape index (κ3) is 4.54. The number of likely N-dealkylation sites (N-methyl/N-ethyl adjacent to an activating group) is 1. The molecule has 6 heteroatoms. The number of likely N-dealkylation sites (tertiary alicyclic amines) is 2. The SMILES string of the molecule is CCNC(=NCC1CCCCN1CC)N1CCC(c2cnn(C)c2)C1. The van der Waals surface area contributed by atoms with Gasteiger partial charge in [-0.25, -0.2) is 0 Å². The smallest absolute Gasteiger partial charge is 0.193 e. The van der Waals surface area contributed by atoms with Gasteiger partial charge in [0.05, 0.1) is 12.7 Å². The van der Waals surface area contributed by atoms with Crippen LogP contribution in [0.3, 0.4) is 0 Å². The van der Waals surface area contributed by atoms with E-state index in [2.05, 4.69) is 40.3 Å². The Morgan fingerprint density at radius 1 is 1.28 bits per heavy atom. The highest BCUT2D eigenvalue weighted by atomic mass is 15.3. The van der Waals surface area contributed by atoms with E-state index in [0.717, 1.165) is 38.7 Å². The summed E-state index contributed by atoms with van der Waals surface area (Å²) in [5.41, 5.74) is 1.35. The maximum atomic E-state index is 5.02. The summed E-state index contributed by atoms with van der Waals surface area (Å²) in [6.07, 6.45) is 9.32. The molecule has 2 saturated heterocycles. The van der Waals surface area contributed by atoms with Crippen molar-refractivity contribution in [3.8, 4) is 0 Å². The largest absolute Gasteiger partial charge is 0.357 e. The molecule has 2 aliphatic rings. The Labute approximate surface area is 152 Å². The number of nitrogens with zero attached hydrogens (tertiary/aromatic N) is 5. The van der Waals surface area contributed by atoms with Crippen molar-refractivity contribution in [3.63, 3.8) is 0 Å². The highest BCUT2D eigenvalue weighted by Gasteiger charge is 2.27. The van der Waals surface area contributed by atoms with E-state index >= 15 is 0 Å². The molecule has 140 valence electrons. The highest BCUT2D eigenvalue weighted by Crippen LogP contribution is 2.26. The van der Waals surface area contributed by atoms with Crippen molar-refractivity contribution >= 4 is 5.96 Å². The van der Waals surface area contributed by atoms with Crippen molar-refractivity contribution < 1.29 is 0 Å². The monoisotopic (exact) mass is 346 g/mol. The molecule has 1 aromatic heterocycles. The number of hydrogen-bond donors (Lipinski definition) is 1. The molecular weight excluding hydrogens is 312 g/mol. The number of guanidine groups is 1. The second-order valence-electron chi connectivity index (χ2n) is 7.35. The first-order valence-electron chi connectivity index (χ1n) is 9.97. The lowest BCUT2D eigenvalue weighted by Crippen LogP contribution is -2.44. The van der Waals surface area contributed by atoms with Crippen molar-refractivity contribution in [3.05, 3.63) is 18.0 Å². The lowest BCUT2D eigenvalue weighted by Gasteiger charge is -2.34. The number of aliphatic imine (C=N–C) groups is 1. The molecule has 0 saturated carbocycles. The van der Waals surface area contributed by atoms with Crippen molar-refractivity contribution in [1.82, 2.24) is 24.9 Å². The van der Waals surface area contributed by atoms with Crippen molar-refractivity contribution in [2.24, 2.45) is 12.0 Å². The van der Waals surface area contributed by atoms with E-state index in [9.17, 15) is 0 Å². The predicted octanol–water partition coefficient (Wildman–Crippen LogP) is 2.05. The van der Waals surface area contributed by atoms with E-state index in [4.69, 9.17) is 4.99 Å². The molecule has 3 heterocycles. The van der Waals surface area contributed by atoms with Crippen LogP contribution in [0.2, 0.25) is 0 Å². The van der Waals surface area contributed by atoms with Gasteiger partial charge in [0.25, 0.3) is 0 Å². The lowest BCUT2D eigenvalue weighted by atomic mass is 10.0. The fraction of sp³-hybridized carbons (Fsp3) is 0.789. The van der Waals surface area contributed by atoms with Gasteiger partial charge in [-0.05, 0) is 44.8 Å². The van der Waals surface area contributed by atoms with Gasteiger partial charge >= 0.3 is 0 Å². The summed E-state index contributed by atoms with van der Waals surface area (Å²) in [5, 5.41) is 7.84. The molecule has 0 aromatic carbocycles. The molecule has 0 radical (unpaired) electrons. The van der Waals surface area contributed by atoms with Crippen LogP contribution < -0.4 is 5.32 Å². The van der Waals surface area contributed by atoms with Crippen LogP contribution in [0, 0.1) is 0 Å². The summed E-state index contributed by atoms with van der Waals surface area (Å²) in [6.45, 7) is 10.8. The Morgan fingerprint density at radius 3 is 2.88 bits per heavy atom. The maximum Gasteiger partial charge on any atom is 0.193 e. The summed E-state index contributed by atoms with van der Waals surface area (Å²) in [4.78, 5) is 10.0. The summed E-state index contributed by atoms with van der Waals surface area (Å²) in [6, 6.07) is 0.615. The molecule has 0 amide bonds. The molecule has 1 N–H and O–H groups in total. The van der Waals surface area contributed by atoms with Crippen molar-refractivity contribution in [2.45, 2.75) is 51.5 Å². The molecule has 25 heavy (non-hydrogen) atoms. The third-order valence-corrected chi connectivity index (χ3v) is 5.63. The zero-order valence-electron chi connectivity index (χ0n) is 16.1. The zero-order chi connectivity index (χ0) is 17.6. The second-order valence-corrected chi connectivity index (χ2v) is 7.35. The van der Waals surface area contributed by atoms with Gasteiger partial charge in [0, 0.05) is 44.8 Å². The Kier molecular flexibility index (Phi) is 6.34. The van der Waals surface area contributed by atoms with Crippen molar-refractivity contribution in [2.75, 3.05) is 39.3 Å². The highest BCUT2D eigenvalue weighted by molar-refractivity contribution is 5.80. The predicted molar refractivity (Wildman–Crippen MR) is 103 cm³/mol. The molecule has 2 unspecified atom stereocenters. The summed E-state index contributed by atoms with van der Waals surface area (Å²) in [5.74, 6) is 1.66. The van der Waals surface area contributed by atoms with Gasteiger partial charge in [-0.2, -0.15) is 5.10 Å². The van der Waals surface area contributed by atoms with Gasteiger partial charge in [0.1, 0.15) is 0 Å². The number of nitrogens with one attached hydrogen (secondary N) is 1. The van der Waals surface area contributed by atoms with E-state index in [1.807, 2.05) is 17.9 Å². The van der Waals surface area contributed by atoms with Gasteiger partial charge in [0.2, 0.25) is 0 Å². The Morgan fingerprint density at radius 2 is 2.16 bits per heavy atom. The number of aryl methyl sites for hydroxylation is 1. The van der Waals surface area contributed by atoms with Crippen LogP contribution in [-0.4, -0.2) is 70.9 Å². The Bertz CT molecular complexity index is 566. The normalized spacial score (nSPS) is 25.6. The van der Waals surface area contributed by atoms with E-state index in [-0.39, 0.29) is 0 Å². The van der Waals surface area contributed by atoms with Crippen LogP contribution in [0.5, 0.6) is 0 Å². The molecule has 3 rings (SSSR count). The minimum Gasteiger partial charge on any atom is -0.357 e. The van der Waals surface area contributed by atoms with E-state index in [1.54, 1.807) is 0 Å². The van der Waals surface area contributed by atoms with E-state index in [0.29, 0.717) is 12.0 Å². The fourth-order valence-electron chi connectivity index (χ4n) is 4.18. The fourth-order valence-corrected chi connectivity index (χ4v) is 4.18. The first-order valence-corrected chi connectivity index (χ1v) is 9.97. The molecule has 1 aromatic rings. The molecule has 2 fully saturated rings. The van der Waals surface area contributed by atoms with Crippen LogP contribution in [-0.2, 0) is 7.05 Å².